The first kappa shape index (κ1) is 13.0. The maximum Gasteiger partial charge on any atom is 0.0280 e. The molecule has 1 rings (SSSR count). The van der Waals surface area contributed by atoms with Gasteiger partial charge in [-0.1, -0.05) is 18.6 Å². The van der Waals surface area contributed by atoms with Crippen LogP contribution in [0.4, 0.5) is 0 Å². The van der Waals surface area contributed by atoms with Crippen molar-refractivity contribution in [3.05, 3.63) is 33.9 Å². The lowest BCUT2D eigenvalue weighted by Crippen LogP contribution is -2.05. The van der Waals surface area contributed by atoms with Crippen molar-refractivity contribution in [1.82, 2.24) is 0 Å². The van der Waals surface area contributed by atoms with Crippen molar-refractivity contribution in [2.75, 3.05) is 7.05 Å². The van der Waals surface area contributed by atoms with Gasteiger partial charge < -0.3 is 0 Å². The minimum absolute atomic E-state index is 1.16. The van der Waals surface area contributed by atoms with Crippen molar-refractivity contribution in [2.24, 2.45) is 4.99 Å². The summed E-state index contributed by atoms with van der Waals surface area (Å²) in [7, 11) is 1.84. The summed E-state index contributed by atoms with van der Waals surface area (Å²) in [4.78, 5) is 4.14. The van der Waals surface area contributed by atoms with Gasteiger partial charge in [0.1, 0.15) is 0 Å². The molecule has 1 aliphatic rings. The van der Waals surface area contributed by atoms with E-state index < -0.39 is 0 Å². The average molecular weight is 217 g/mol. The third-order valence-corrected chi connectivity index (χ3v) is 3.58. The van der Waals surface area contributed by atoms with Gasteiger partial charge in [-0.05, 0) is 62.3 Å². The fourth-order valence-electron chi connectivity index (χ4n) is 2.41. The lowest BCUT2D eigenvalue weighted by molar-refractivity contribution is 0.832. The van der Waals surface area contributed by atoms with Gasteiger partial charge in [-0.25, -0.2) is 0 Å². The van der Waals surface area contributed by atoms with E-state index in [1.165, 1.54) is 35.1 Å². The SMILES string of the molecule is C/C=C(\C=NC)C1=C(C)C(C)=C(CC)CC1. The summed E-state index contributed by atoms with van der Waals surface area (Å²) in [6, 6.07) is 0. The highest BCUT2D eigenvalue weighted by molar-refractivity contribution is 5.85. The topological polar surface area (TPSA) is 12.4 Å². The molecule has 0 N–H and O–H groups in total. The van der Waals surface area contributed by atoms with E-state index in [0.717, 1.165) is 6.42 Å². The molecule has 1 heteroatoms. The first-order valence-electron chi connectivity index (χ1n) is 6.13. The molecule has 0 spiro atoms. The van der Waals surface area contributed by atoms with E-state index >= 15 is 0 Å². The molecule has 1 nitrogen and oxygen atoms in total. The van der Waals surface area contributed by atoms with E-state index in [4.69, 9.17) is 0 Å². The third-order valence-electron chi connectivity index (χ3n) is 3.58. The molecule has 16 heavy (non-hydrogen) atoms. The van der Waals surface area contributed by atoms with Gasteiger partial charge in [-0.3, -0.25) is 4.99 Å². The number of allylic oxidation sites excluding steroid dienone is 6. The zero-order valence-corrected chi connectivity index (χ0v) is 11.2. The third kappa shape index (κ3) is 2.52. The van der Waals surface area contributed by atoms with Crippen molar-refractivity contribution < 1.29 is 0 Å². The predicted octanol–water partition coefficient (Wildman–Crippen LogP) is 4.47. The van der Waals surface area contributed by atoms with Crippen molar-refractivity contribution in [1.29, 1.82) is 0 Å². The van der Waals surface area contributed by atoms with Crippen LogP contribution in [-0.4, -0.2) is 13.3 Å². The second-order valence-electron chi connectivity index (χ2n) is 4.32. The van der Waals surface area contributed by atoms with E-state index in [1.54, 1.807) is 5.57 Å². The van der Waals surface area contributed by atoms with Crippen molar-refractivity contribution >= 4 is 6.21 Å². The van der Waals surface area contributed by atoms with E-state index in [2.05, 4.69) is 38.8 Å². The van der Waals surface area contributed by atoms with Gasteiger partial charge in [0.15, 0.2) is 0 Å². The number of nitrogens with zero attached hydrogens (tertiary/aromatic N) is 1. The quantitative estimate of drug-likeness (QED) is 0.618. The number of rotatable bonds is 3. The van der Waals surface area contributed by atoms with Crippen molar-refractivity contribution in [3.63, 3.8) is 0 Å². The highest BCUT2D eigenvalue weighted by Crippen LogP contribution is 2.34. The lowest BCUT2D eigenvalue weighted by Gasteiger charge is -2.22. The first-order valence-corrected chi connectivity index (χ1v) is 6.13. The summed E-state index contributed by atoms with van der Waals surface area (Å²) in [5.41, 5.74) is 7.33. The summed E-state index contributed by atoms with van der Waals surface area (Å²) >= 11 is 0. The van der Waals surface area contributed by atoms with Crippen LogP contribution in [0.5, 0.6) is 0 Å². The highest BCUT2D eigenvalue weighted by Gasteiger charge is 2.16. The summed E-state index contributed by atoms with van der Waals surface area (Å²) in [6.07, 6.45) is 7.70. The molecule has 0 aliphatic heterocycles. The molecule has 0 saturated carbocycles. The van der Waals surface area contributed by atoms with E-state index in [0.29, 0.717) is 0 Å². The Balaban J connectivity index is 3.16. The Bertz CT molecular complexity index is 378. The Morgan fingerprint density at radius 2 is 1.94 bits per heavy atom. The summed E-state index contributed by atoms with van der Waals surface area (Å²) < 4.78 is 0. The molecular formula is C15H23N. The maximum atomic E-state index is 4.14. The summed E-state index contributed by atoms with van der Waals surface area (Å²) in [5, 5.41) is 0. The second kappa shape index (κ2) is 5.83. The van der Waals surface area contributed by atoms with Crippen molar-refractivity contribution in [3.8, 4) is 0 Å². The second-order valence-corrected chi connectivity index (χ2v) is 4.32. The fraction of sp³-hybridized carbons (Fsp3) is 0.533. The predicted molar refractivity (Wildman–Crippen MR) is 73.1 cm³/mol. The van der Waals surface area contributed by atoms with E-state index in [-0.39, 0.29) is 0 Å². The van der Waals surface area contributed by atoms with Crippen LogP contribution in [0.3, 0.4) is 0 Å². The fourth-order valence-corrected chi connectivity index (χ4v) is 2.41. The Morgan fingerprint density at radius 3 is 2.44 bits per heavy atom. The van der Waals surface area contributed by atoms with Gasteiger partial charge in [0.25, 0.3) is 0 Å². The molecular weight excluding hydrogens is 194 g/mol. The molecule has 0 aromatic rings. The molecule has 0 aromatic heterocycles. The molecule has 88 valence electrons. The van der Waals surface area contributed by atoms with Crippen LogP contribution < -0.4 is 0 Å². The number of hydrogen-bond donors (Lipinski definition) is 0. The van der Waals surface area contributed by atoms with Crippen LogP contribution in [0.15, 0.2) is 38.9 Å². The molecule has 0 bridgehead atoms. The van der Waals surface area contributed by atoms with Crippen LogP contribution in [0.25, 0.3) is 0 Å². The van der Waals surface area contributed by atoms with E-state index in [9.17, 15) is 0 Å². The van der Waals surface area contributed by atoms with Crippen molar-refractivity contribution in [2.45, 2.75) is 47.0 Å². The van der Waals surface area contributed by atoms with Crippen LogP contribution in [0.1, 0.15) is 47.0 Å². The highest BCUT2D eigenvalue weighted by atomic mass is 14.6. The van der Waals surface area contributed by atoms with Gasteiger partial charge >= 0.3 is 0 Å². The summed E-state index contributed by atoms with van der Waals surface area (Å²) in [5.74, 6) is 0. The molecule has 0 unspecified atom stereocenters. The van der Waals surface area contributed by atoms with Gasteiger partial charge in [0, 0.05) is 13.3 Å². The van der Waals surface area contributed by atoms with Crippen LogP contribution >= 0.6 is 0 Å². The zero-order valence-electron chi connectivity index (χ0n) is 11.2. The minimum atomic E-state index is 1.16. The smallest absolute Gasteiger partial charge is 0.0280 e. The molecule has 0 amide bonds. The standard InChI is InChI=1S/C15H23N/c1-6-13-8-9-15(12(4)11(13)3)14(7-2)10-16-5/h7,10H,6,8-9H2,1-5H3/b14-7+,16-10?. The zero-order chi connectivity index (χ0) is 12.1. The monoisotopic (exact) mass is 217 g/mol. The maximum absolute atomic E-state index is 4.14. The minimum Gasteiger partial charge on any atom is -0.296 e. The molecule has 0 radical (unpaired) electrons. The summed E-state index contributed by atoms with van der Waals surface area (Å²) in [6.45, 7) is 8.84. The van der Waals surface area contributed by atoms with E-state index in [1.807, 2.05) is 13.3 Å². The van der Waals surface area contributed by atoms with Gasteiger partial charge in [0.05, 0.1) is 0 Å². The largest absolute Gasteiger partial charge is 0.296 e. The van der Waals surface area contributed by atoms with Gasteiger partial charge in [-0.15, -0.1) is 0 Å². The molecule has 0 aromatic carbocycles. The Labute approximate surface area is 99.7 Å². The van der Waals surface area contributed by atoms with Crippen LogP contribution in [-0.2, 0) is 0 Å². The Hall–Kier alpha value is -1.11. The van der Waals surface area contributed by atoms with Crippen LogP contribution in [0.2, 0.25) is 0 Å². The molecule has 0 heterocycles. The molecule has 0 atom stereocenters. The Kier molecular flexibility index (Phi) is 4.72. The van der Waals surface area contributed by atoms with Gasteiger partial charge in [-0.2, -0.15) is 0 Å². The first-order chi connectivity index (χ1) is 7.65. The molecule has 1 aliphatic carbocycles. The molecule has 0 fully saturated rings. The van der Waals surface area contributed by atoms with Crippen LogP contribution in [0, 0.1) is 0 Å². The lowest BCUT2D eigenvalue weighted by atomic mass is 9.83. The normalized spacial score (nSPS) is 18.9. The van der Waals surface area contributed by atoms with Gasteiger partial charge in [0.2, 0.25) is 0 Å². The Morgan fingerprint density at radius 1 is 1.25 bits per heavy atom. The average Bonchev–Trinajstić information content (AvgIpc) is 2.30. The number of hydrogen-bond acceptors (Lipinski definition) is 1. The molecule has 0 saturated heterocycles. The number of aliphatic imine (C=N–C) groups is 1.